The van der Waals surface area contributed by atoms with Crippen LogP contribution in [0.15, 0.2) is 38.0 Å². The van der Waals surface area contributed by atoms with Crippen molar-refractivity contribution >= 4 is 17.9 Å². The number of ether oxygens (including phenoxy) is 2. The van der Waals surface area contributed by atoms with E-state index in [1.54, 1.807) is 0 Å². The van der Waals surface area contributed by atoms with Crippen LogP contribution >= 0.6 is 0 Å². The van der Waals surface area contributed by atoms with E-state index >= 15 is 0 Å². The van der Waals surface area contributed by atoms with E-state index in [4.69, 9.17) is 9.84 Å². The zero-order valence-electron chi connectivity index (χ0n) is 17.1. The number of hydrogen-bond acceptors (Lipinski definition) is 5. The molecule has 6 nitrogen and oxygen atoms in total. The minimum absolute atomic E-state index is 0.316. The quantitative estimate of drug-likeness (QED) is 0.298. The third-order valence-corrected chi connectivity index (χ3v) is 2.92. The van der Waals surface area contributed by atoms with Gasteiger partial charge in [0.2, 0.25) is 0 Å². The molecule has 0 heterocycles. The number of aliphatic carboxylic acids is 1. The molecule has 1 N–H and O–H groups in total. The smallest absolute Gasteiger partial charge is 0.330 e. The Morgan fingerprint density at radius 1 is 0.852 bits per heavy atom. The molecule has 0 atom stereocenters. The number of unbranched alkanes of at least 4 members (excludes halogenated alkanes) is 3. The number of rotatable bonds is 12. The Morgan fingerprint density at radius 3 is 1.63 bits per heavy atom. The van der Waals surface area contributed by atoms with Crippen LogP contribution in [0, 0.1) is 5.92 Å². The van der Waals surface area contributed by atoms with Gasteiger partial charge in [0.25, 0.3) is 0 Å². The van der Waals surface area contributed by atoms with Crippen LogP contribution in [-0.4, -0.2) is 36.2 Å². The molecule has 0 aromatic carbocycles. The molecule has 0 unspecified atom stereocenters. The zero-order chi connectivity index (χ0) is 21.5. The van der Waals surface area contributed by atoms with Crippen molar-refractivity contribution in [2.45, 2.75) is 59.3 Å². The van der Waals surface area contributed by atoms with Gasteiger partial charge in [-0.3, -0.25) is 0 Å². The van der Waals surface area contributed by atoms with Crippen LogP contribution in [0.5, 0.6) is 0 Å². The Balaban J connectivity index is -0.000000356. The van der Waals surface area contributed by atoms with Gasteiger partial charge in [0.05, 0.1) is 13.2 Å². The average molecular weight is 385 g/mol. The van der Waals surface area contributed by atoms with Crippen molar-refractivity contribution in [3.8, 4) is 0 Å². The highest BCUT2D eigenvalue weighted by atomic mass is 16.5. The lowest BCUT2D eigenvalue weighted by molar-refractivity contribution is -0.138. The monoisotopic (exact) mass is 384 g/mol. The van der Waals surface area contributed by atoms with Gasteiger partial charge in [-0.15, -0.1) is 0 Å². The fraction of sp³-hybridized carbons (Fsp3) is 0.571. The van der Waals surface area contributed by atoms with Gasteiger partial charge in [-0.25, -0.2) is 14.4 Å². The Bertz CT molecular complexity index is 426. The molecule has 0 aromatic rings. The van der Waals surface area contributed by atoms with Gasteiger partial charge >= 0.3 is 17.9 Å². The topological polar surface area (TPSA) is 89.9 Å². The third kappa shape index (κ3) is 35.6. The van der Waals surface area contributed by atoms with Crippen molar-refractivity contribution in [2.75, 3.05) is 13.2 Å². The normalized spacial score (nSPS) is 8.89. The van der Waals surface area contributed by atoms with Crippen LogP contribution in [0.3, 0.4) is 0 Å². The summed E-state index contributed by atoms with van der Waals surface area (Å²) in [5.74, 6) is -0.854. The SMILES string of the molecule is C=CC(=O)O.C=CC(=O)OCCCC.C=CC(=O)OCCCCCC(C)C. The standard InChI is InChI=1S/C11H20O2.C7H12O2.C3H4O2/c1-4-11(12)13-9-7-5-6-8-10(2)3;1-3-5-6-9-7(8)4-2;1-2-3(4)5/h4,10H,1,5-9H2,2-3H3;4H,2-3,5-6H2,1H3;2H,1H2,(H,4,5). The first-order valence-corrected chi connectivity index (χ1v) is 9.18. The fourth-order valence-electron chi connectivity index (χ4n) is 1.44. The minimum atomic E-state index is -0.981. The summed E-state index contributed by atoms with van der Waals surface area (Å²) in [5.41, 5.74) is 0. The summed E-state index contributed by atoms with van der Waals surface area (Å²) in [4.78, 5) is 30.2. The minimum Gasteiger partial charge on any atom is -0.478 e. The van der Waals surface area contributed by atoms with E-state index < -0.39 is 5.97 Å². The van der Waals surface area contributed by atoms with Crippen molar-refractivity contribution < 1.29 is 29.0 Å². The number of carboxylic acid groups (broad SMARTS) is 1. The second-order valence-electron chi connectivity index (χ2n) is 5.88. The third-order valence-electron chi connectivity index (χ3n) is 2.92. The van der Waals surface area contributed by atoms with Crippen LogP contribution in [0.4, 0.5) is 0 Å². The molecule has 156 valence electrons. The lowest BCUT2D eigenvalue weighted by Crippen LogP contribution is -2.01. The maximum Gasteiger partial charge on any atom is 0.330 e. The molecule has 0 radical (unpaired) electrons. The predicted octanol–water partition coefficient (Wildman–Crippen LogP) is 4.70. The first kappa shape index (κ1) is 29.4. The highest BCUT2D eigenvalue weighted by Gasteiger charge is 1.96. The number of carboxylic acids is 1. The lowest BCUT2D eigenvalue weighted by Gasteiger charge is -2.04. The maximum atomic E-state index is 10.6. The van der Waals surface area contributed by atoms with Gasteiger partial charge in [-0.2, -0.15) is 0 Å². The first-order chi connectivity index (χ1) is 12.7. The van der Waals surface area contributed by atoms with Crippen LogP contribution in [0.25, 0.3) is 0 Å². The molecule has 6 heteroatoms. The Morgan fingerprint density at radius 2 is 1.30 bits per heavy atom. The Kier molecular flexibility index (Phi) is 25.7. The van der Waals surface area contributed by atoms with E-state index in [0.29, 0.717) is 13.2 Å². The van der Waals surface area contributed by atoms with Crippen molar-refractivity contribution in [3.63, 3.8) is 0 Å². The summed E-state index contributed by atoms with van der Waals surface area (Å²) in [6, 6.07) is 0. The second kappa shape index (κ2) is 23.6. The second-order valence-corrected chi connectivity index (χ2v) is 5.88. The molecular formula is C21H36O6. The van der Waals surface area contributed by atoms with Gasteiger partial charge in [0, 0.05) is 18.2 Å². The predicted molar refractivity (Wildman–Crippen MR) is 108 cm³/mol. The molecule has 0 saturated carbocycles. The van der Waals surface area contributed by atoms with Gasteiger partial charge in [-0.1, -0.05) is 66.2 Å². The highest BCUT2D eigenvalue weighted by Crippen LogP contribution is 2.07. The van der Waals surface area contributed by atoms with E-state index in [2.05, 4.69) is 38.3 Å². The summed E-state index contributed by atoms with van der Waals surface area (Å²) in [5, 5.41) is 7.60. The number of esters is 2. The van der Waals surface area contributed by atoms with Crippen molar-refractivity contribution in [3.05, 3.63) is 38.0 Å². The van der Waals surface area contributed by atoms with Crippen molar-refractivity contribution in [2.24, 2.45) is 5.92 Å². The number of hydrogen-bond donors (Lipinski definition) is 1. The summed E-state index contributed by atoms with van der Waals surface area (Å²) in [6.45, 7) is 17.1. The molecule has 0 saturated heterocycles. The van der Waals surface area contributed by atoms with Gasteiger partial charge in [-0.05, 0) is 18.8 Å². The molecule has 0 fully saturated rings. The van der Waals surface area contributed by atoms with Gasteiger partial charge in [0.15, 0.2) is 0 Å². The maximum absolute atomic E-state index is 10.6. The van der Waals surface area contributed by atoms with E-state index in [1.165, 1.54) is 25.0 Å². The van der Waals surface area contributed by atoms with E-state index in [9.17, 15) is 14.4 Å². The Hall–Kier alpha value is -2.37. The lowest BCUT2D eigenvalue weighted by atomic mass is 10.1. The molecule has 0 spiro atoms. The number of carbonyl (C=O) groups is 3. The van der Waals surface area contributed by atoms with Crippen LogP contribution in [-0.2, 0) is 23.9 Å². The van der Waals surface area contributed by atoms with E-state index in [0.717, 1.165) is 37.7 Å². The van der Waals surface area contributed by atoms with Crippen molar-refractivity contribution in [1.82, 2.24) is 0 Å². The fourth-order valence-corrected chi connectivity index (χ4v) is 1.44. The molecule has 27 heavy (non-hydrogen) atoms. The molecule has 0 amide bonds. The summed E-state index contributed by atoms with van der Waals surface area (Å²) in [6.07, 6.45) is 9.78. The van der Waals surface area contributed by atoms with Crippen LogP contribution in [0.2, 0.25) is 0 Å². The van der Waals surface area contributed by atoms with Gasteiger partial charge < -0.3 is 14.6 Å². The van der Waals surface area contributed by atoms with Crippen molar-refractivity contribution in [1.29, 1.82) is 0 Å². The Labute approximate surface area is 163 Å². The molecule has 0 bridgehead atoms. The molecule has 0 aliphatic heterocycles. The van der Waals surface area contributed by atoms with E-state index in [-0.39, 0.29) is 11.9 Å². The van der Waals surface area contributed by atoms with E-state index in [1.807, 2.05) is 6.92 Å². The highest BCUT2D eigenvalue weighted by molar-refractivity contribution is 5.81. The summed E-state index contributed by atoms with van der Waals surface area (Å²) in [7, 11) is 0. The summed E-state index contributed by atoms with van der Waals surface area (Å²) < 4.78 is 9.52. The van der Waals surface area contributed by atoms with Gasteiger partial charge in [0.1, 0.15) is 0 Å². The summed E-state index contributed by atoms with van der Waals surface area (Å²) >= 11 is 0. The zero-order valence-corrected chi connectivity index (χ0v) is 17.1. The van der Waals surface area contributed by atoms with Crippen LogP contribution < -0.4 is 0 Å². The molecule has 0 aliphatic rings. The largest absolute Gasteiger partial charge is 0.478 e. The first-order valence-electron chi connectivity index (χ1n) is 9.18. The van der Waals surface area contributed by atoms with Crippen LogP contribution in [0.1, 0.15) is 59.3 Å². The molecule has 0 aromatic heterocycles. The molecule has 0 rings (SSSR count). The number of carbonyl (C=O) groups excluding carboxylic acids is 2. The molecule has 0 aliphatic carbocycles. The average Bonchev–Trinajstić information content (AvgIpc) is 2.65. The molecular weight excluding hydrogens is 348 g/mol.